The first kappa shape index (κ1) is 37.3. The van der Waals surface area contributed by atoms with Crippen LogP contribution in [0.5, 0.6) is 0 Å². The van der Waals surface area contributed by atoms with Crippen molar-refractivity contribution in [1.82, 2.24) is 0 Å². The minimum absolute atomic E-state index is 0.171. The highest BCUT2D eigenvalue weighted by molar-refractivity contribution is 8.43. The van der Waals surface area contributed by atoms with Gasteiger partial charge in [0, 0.05) is 33.2 Å². The predicted octanol–water partition coefficient (Wildman–Crippen LogP) is 24.6. The average Bonchev–Trinajstić information content (AvgIpc) is 1.37. The number of hydrogen-bond donors (Lipinski definition) is 0. The normalized spacial score (nSPS) is 24.0. The average molecular weight is 1190 g/mol. The van der Waals surface area contributed by atoms with Crippen molar-refractivity contribution in [3.63, 3.8) is 0 Å². The molecular formula is C79H18S7. The van der Waals surface area contributed by atoms with E-state index in [9.17, 15) is 0 Å². The molecule has 1 fully saturated rings. The Morgan fingerprint density at radius 3 is 0.849 bits per heavy atom. The van der Waals surface area contributed by atoms with Crippen LogP contribution < -0.4 is 0 Å². The lowest BCUT2D eigenvalue weighted by Gasteiger charge is -2.32. The fourth-order valence-electron chi connectivity index (χ4n) is 27.6. The standard InChI is InChI=1S/C79H18S7/c1-11-73(84-76(83-11)77-85-74-75(86-77)82-10-9-81-74)80-8-2-3-12-4-6-13(7-5-12)72-78-68-60-52-42-32-24-16-14-15-18-22-20(16)28-36-30(22)40-34-26(18)27-19(15)23-21-17(14)25(24)33-39-29(21)37-31(23)41-35(27)45-44(34)54-48(40)58-50(36)56(46(52)38(28)32)64(68)66(58)70-62(54)63-55(45)49(41)59-51(37)57-47(39)53(43(33)42)61(60)69(78)65(57)67(59)71(63)79(70,72)78/h4-7,72H,2-3,8-10H2,1H3. The first-order valence-corrected chi connectivity index (χ1v) is 37.6. The molecule has 0 radical (unpaired) electrons. The van der Waals surface area contributed by atoms with Crippen LogP contribution in [0.1, 0.15) is 52.6 Å². The van der Waals surface area contributed by atoms with Crippen molar-refractivity contribution in [2.45, 2.75) is 36.5 Å². The van der Waals surface area contributed by atoms with Gasteiger partial charge in [-0.1, -0.05) is 71.3 Å². The molecule has 376 valence electrons. The van der Waals surface area contributed by atoms with Gasteiger partial charge in [0.1, 0.15) is 0 Å². The van der Waals surface area contributed by atoms with Crippen LogP contribution in [-0.2, 0) is 17.3 Å². The Labute approximate surface area is 506 Å². The summed E-state index contributed by atoms with van der Waals surface area (Å²) in [4.78, 5) is 1.50. The molecule has 86 heavy (non-hydrogen) atoms. The van der Waals surface area contributed by atoms with Crippen molar-refractivity contribution in [2.24, 2.45) is 0 Å². The summed E-state index contributed by atoms with van der Waals surface area (Å²) in [5.74, 6) is 3.99. The SMILES string of the molecule is CC1=C(SCCCc2ccc(C3C45c6c7c8c9c%10c%11c(c%12c%13c4c4c6c6c%14c7c7c8c8c%10c%10c%15c%11c%11c%12c%12c%13c%13c4c4c6c6c%14c%14c7c7c8c%10c8c%10c%15c%11c%11c%12c%12c%13c4c4c6c6c%14c7c8c7c%10c%11c%12c4c67)C935)cc2)SC(=C2SC3=C(SCCS3)S2)S1. The monoisotopic (exact) mass is 1190 g/mol. The summed E-state index contributed by atoms with van der Waals surface area (Å²) in [6.07, 6.45) is 2.33. The summed E-state index contributed by atoms with van der Waals surface area (Å²) in [6.45, 7) is 2.37. The molecule has 0 nitrogen and oxygen atoms in total. The van der Waals surface area contributed by atoms with Gasteiger partial charge in [0.05, 0.1) is 21.2 Å². The van der Waals surface area contributed by atoms with E-state index in [0.29, 0.717) is 5.92 Å². The molecule has 0 amide bonds. The van der Waals surface area contributed by atoms with Crippen molar-refractivity contribution in [3.8, 4) is 0 Å². The fourth-order valence-corrected chi connectivity index (χ4v) is 38.0. The van der Waals surface area contributed by atoms with Gasteiger partial charge in [0.25, 0.3) is 0 Å². The summed E-state index contributed by atoms with van der Waals surface area (Å²) in [5, 5.41) is 91.2. The van der Waals surface area contributed by atoms with E-state index < -0.39 is 0 Å². The zero-order valence-electron chi connectivity index (χ0n) is 44.3. The van der Waals surface area contributed by atoms with Crippen LogP contribution in [0.25, 0.3) is 291 Å². The zero-order chi connectivity index (χ0) is 52.0. The number of hydrogen-bond acceptors (Lipinski definition) is 7. The van der Waals surface area contributed by atoms with E-state index in [1.807, 2.05) is 57.5 Å². The van der Waals surface area contributed by atoms with Crippen LogP contribution in [0.4, 0.5) is 0 Å². The minimum Gasteiger partial charge on any atom is -0.118 e. The van der Waals surface area contributed by atoms with Crippen LogP contribution in [0.15, 0.2) is 50.4 Å². The molecule has 0 saturated heterocycles. The predicted molar refractivity (Wildman–Crippen MR) is 386 cm³/mol. The van der Waals surface area contributed by atoms with Crippen LogP contribution in [0.3, 0.4) is 0 Å². The van der Waals surface area contributed by atoms with Crippen LogP contribution in [0, 0.1) is 0 Å². The molecule has 7 heteroatoms. The number of allylic oxidation sites excluding steroid dienone is 1. The van der Waals surface area contributed by atoms with E-state index in [-0.39, 0.29) is 10.8 Å². The third-order valence-corrected chi connectivity index (χ3v) is 38.9. The van der Waals surface area contributed by atoms with Gasteiger partial charge < -0.3 is 0 Å². The van der Waals surface area contributed by atoms with E-state index in [2.05, 4.69) is 78.2 Å². The third-order valence-electron chi connectivity index (χ3n) is 28.4. The molecule has 29 aromatic rings. The van der Waals surface area contributed by atoms with Crippen molar-refractivity contribution in [1.29, 1.82) is 0 Å². The molecule has 29 aromatic carbocycles. The zero-order valence-corrected chi connectivity index (χ0v) is 50.0. The maximum absolute atomic E-state index is 2.72. The van der Waals surface area contributed by atoms with Crippen molar-refractivity contribution < 1.29 is 0 Å². The summed E-state index contributed by atoms with van der Waals surface area (Å²) in [5.41, 5.74) is 10.0. The molecule has 1 saturated carbocycles. The summed E-state index contributed by atoms with van der Waals surface area (Å²) < 4.78 is 7.68. The molecule has 3 heterocycles. The van der Waals surface area contributed by atoms with Crippen molar-refractivity contribution >= 4 is 373 Å². The summed E-state index contributed by atoms with van der Waals surface area (Å²) >= 11 is 14.4. The Balaban J connectivity index is 0.728. The fraction of sp³-hybridized carbons (Fsp3) is 0.114. The number of aryl methyl sites for hydroxylation is 1. The quantitative estimate of drug-likeness (QED) is 0.119. The van der Waals surface area contributed by atoms with Gasteiger partial charge >= 0.3 is 0 Å². The first-order chi connectivity index (χ1) is 42.8. The molecule has 0 unspecified atom stereocenters. The van der Waals surface area contributed by atoms with Gasteiger partial charge in [-0.2, -0.15) is 0 Å². The van der Waals surface area contributed by atoms with Crippen LogP contribution in [0.2, 0.25) is 0 Å². The highest BCUT2D eigenvalue weighted by Gasteiger charge is 2.86. The Kier molecular flexibility index (Phi) is 4.11. The van der Waals surface area contributed by atoms with Crippen LogP contribution in [-0.4, -0.2) is 17.3 Å². The van der Waals surface area contributed by atoms with Crippen molar-refractivity contribution in [2.75, 3.05) is 17.3 Å². The van der Waals surface area contributed by atoms with Gasteiger partial charge in [0.15, 0.2) is 0 Å². The smallest absolute Gasteiger partial charge is 0.0717 e. The maximum atomic E-state index is 2.72. The summed E-state index contributed by atoms with van der Waals surface area (Å²) in [7, 11) is 0. The topological polar surface area (TPSA) is 0 Å². The van der Waals surface area contributed by atoms with Crippen molar-refractivity contribution in [3.05, 3.63) is 83.7 Å². The van der Waals surface area contributed by atoms with Crippen LogP contribution >= 0.6 is 82.3 Å². The Bertz CT molecular complexity index is 7670. The molecule has 0 aromatic heterocycles. The highest BCUT2D eigenvalue weighted by atomic mass is 32.3. The molecule has 0 N–H and O–H groups in total. The molecule has 2 spiro atoms. The second-order valence-electron chi connectivity index (χ2n) is 29.6. The lowest BCUT2D eigenvalue weighted by Crippen LogP contribution is -2.27. The molecule has 8 aliphatic rings. The Morgan fingerprint density at radius 2 is 0.570 bits per heavy atom. The van der Waals surface area contributed by atoms with Gasteiger partial charge in [-0.15, -0.1) is 35.3 Å². The van der Waals surface area contributed by atoms with Gasteiger partial charge in [0.2, 0.25) is 0 Å². The first-order valence-electron chi connectivity index (χ1n) is 31.4. The van der Waals surface area contributed by atoms with E-state index in [4.69, 9.17) is 0 Å². The summed E-state index contributed by atoms with van der Waals surface area (Å²) in [6, 6.07) is 10.7. The molecule has 0 atom stereocenters. The molecule has 37 rings (SSSR count). The van der Waals surface area contributed by atoms with E-state index in [1.165, 1.54) is 41.1 Å². The third kappa shape index (κ3) is 2.41. The molecule has 0 bridgehead atoms. The molecule has 5 aliphatic carbocycles. The largest absolute Gasteiger partial charge is 0.118 e. The number of thioether (sulfide) groups is 7. The number of rotatable bonds is 6. The van der Waals surface area contributed by atoms with Gasteiger partial charge in [-0.05, 0) is 350 Å². The second-order valence-corrected chi connectivity index (χ2v) is 38.5. The van der Waals surface area contributed by atoms with E-state index in [1.54, 1.807) is 305 Å². The molecule has 3 aliphatic heterocycles. The number of benzene rings is 19. The van der Waals surface area contributed by atoms with Gasteiger partial charge in [-0.25, -0.2) is 0 Å². The maximum Gasteiger partial charge on any atom is 0.0717 e. The van der Waals surface area contributed by atoms with Gasteiger partial charge in [-0.3, -0.25) is 0 Å². The lowest BCUT2D eigenvalue weighted by molar-refractivity contribution is 0.731. The Hall–Kier alpha value is -6.65. The minimum atomic E-state index is -0.171. The molecular weight excluding hydrogens is 1170 g/mol. The second kappa shape index (κ2) is 9.48. The van der Waals surface area contributed by atoms with E-state index >= 15 is 0 Å². The Morgan fingerprint density at radius 1 is 0.314 bits per heavy atom. The lowest BCUT2D eigenvalue weighted by atomic mass is 9.68. The van der Waals surface area contributed by atoms with E-state index in [0.717, 1.165) is 12.2 Å². The highest BCUT2D eigenvalue weighted by Crippen LogP contribution is 2.94.